The molecular formula is C6H8OS. The highest BCUT2D eigenvalue weighted by Gasteiger charge is 2.04. The van der Waals surface area contributed by atoms with Gasteiger partial charge in [-0.05, 0) is 6.08 Å². The minimum atomic E-state index is 0.852. The Morgan fingerprint density at radius 2 is 2.62 bits per heavy atom. The maximum atomic E-state index is 5.15. The summed E-state index contributed by atoms with van der Waals surface area (Å²) >= 11 is 1.73. The average Bonchev–Trinajstić information content (AvgIpc) is 2.19. The molecule has 1 aliphatic heterocycles. The molecule has 1 nitrogen and oxygen atoms in total. The Hall–Kier alpha value is -0.370. The Morgan fingerprint density at radius 3 is 3.12 bits per heavy atom. The van der Waals surface area contributed by atoms with Crippen LogP contribution < -0.4 is 0 Å². The fourth-order valence-corrected chi connectivity index (χ4v) is 1.25. The Morgan fingerprint density at radius 1 is 1.75 bits per heavy atom. The molecule has 0 aliphatic carbocycles. The molecule has 0 spiro atoms. The summed E-state index contributed by atoms with van der Waals surface area (Å²) in [4.78, 5) is 0. The molecule has 0 saturated carbocycles. The zero-order valence-corrected chi connectivity index (χ0v) is 5.41. The van der Waals surface area contributed by atoms with Crippen LogP contribution in [0, 0.1) is 0 Å². The van der Waals surface area contributed by atoms with Gasteiger partial charge in [0.25, 0.3) is 0 Å². The van der Waals surface area contributed by atoms with Crippen molar-refractivity contribution in [2.45, 2.75) is 0 Å². The molecule has 1 fully saturated rings. The first-order valence-corrected chi connectivity index (χ1v) is 3.50. The van der Waals surface area contributed by atoms with E-state index in [1.165, 1.54) is 0 Å². The molecule has 0 amide bonds. The number of allylic oxidation sites excluding steroid dienone is 2. The minimum Gasteiger partial charge on any atom is -0.486 e. The maximum Gasteiger partial charge on any atom is 0.153 e. The zero-order chi connectivity index (χ0) is 5.82. The Bertz CT molecular complexity index is 110. The second-order valence-electron chi connectivity index (χ2n) is 1.42. The van der Waals surface area contributed by atoms with E-state index >= 15 is 0 Å². The molecule has 0 aromatic heterocycles. The molecule has 44 valence electrons. The molecule has 0 aromatic carbocycles. The predicted molar refractivity (Wildman–Crippen MR) is 36.7 cm³/mol. The largest absolute Gasteiger partial charge is 0.486 e. The molecule has 0 aromatic rings. The standard InChI is InChI=1S/C6H8OS/c1-2-3-6-7-4-5-8-6/h2-3H,1,4-5H2/b6-3-. The average molecular weight is 128 g/mol. The molecule has 1 aliphatic rings. The van der Waals surface area contributed by atoms with Crippen molar-refractivity contribution in [1.82, 2.24) is 0 Å². The van der Waals surface area contributed by atoms with Gasteiger partial charge in [0.1, 0.15) is 0 Å². The molecule has 1 rings (SSSR count). The van der Waals surface area contributed by atoms with Crippen LogP contribution >= 0.6 is 11.8 Å². The van der Waals surface area contributed by atoms with E-state index < -0.39 is 0 Å². The van der Waals surface area contributed by atoms with E-state index in [2.05, 4.69) is 6.58 Å². The topological polar surface area (TPSA) is 9.23 Å². The van der Waals surface area contributed by atoms with Gasteiger partial charge in [0.15, 0.2) is 5.09 Å². The van der Waals surface area contributed by atoms with E-state index in [1.54, 1.807) is 17.8 Å². The molecule has 0 unspecified atom stereocenters. The summed E-state index contributed by atoms with van der Waals surface area (Å²) in [7, 11) is 0. The van der Waals surface area contributed by atoms with Gasteiger partial charge in [-0.3, -0.25) is 0 Å². The highest BCUT2D eigenvalue weighted by atomic mass is 32.2. The first-order valence-electron chi connectivity index (χ1n) is 2.52. The van der Waals surface area contributed by atoms with Gasteiger partial charge in [-0.15, -0.1) is 0 Å². The molecular weight excluding hydrogens is 120 g/mol. The van der Waals surface area contributed by atoms with E-state index in [4.69, 9.17) is 4.74 Å². The number of hydrogen-bond donors (Lipinski definition) is 0. The summed E-state index contributed by atoms with van der Waals surface area (Å²) in [5, 5.41) is 1.00. The van der Waals surface area contributed by atoms with Gasteiger partial charge < -0.3 is 4.74 Å². The second-order valence-corrected chi connectivity index (χ2v) is 2.52. The van der Waals surface area contributed by atoms with E-state index in [0.717, 1.165) is 17.5 Å². The van der Waals surface area contributed by atoms with Crippen molar-refractivity contribution in [2.24, 2.45) is 0 Å². The summed E-state index contributed by atoms with van der Waals surface area (Å²) in [6, 6.07) is 0. The van der Waals surface area contributed by atoms with Crippen molar-refractivity contribution < 1.29 is 4.74 Å². The molecule has 0 radical (unpaired) electrons. The highest BCUT2D eigenvalue weighted by molar-refractivity contribution is 8.03. The Balaban J connectivity index is 2.44. The molecule has 2 heteroatoms. The van der Waals surface area contributed by atoms with Gasteiger partial charge in [-0.25, -0.2) is 0 Å². The lowest BCUT2D eigenvalue weighted by molar-refractivity contribution is 0.275. The lowest BCUT2D eigenvalue weighted by Gasteiger charge is -1.90. The van der Waals surface area contributed by atoms with Crippen LogP contribution in [0.5, 0.6) is 0 Å². The van der Waals surface area contributed by atoms with Crippen LogP contribution in [0.2, 0.25) is 0 Å². The number of rotatable bonds is 1. The zero-order valence-electron chi connectivity index (χ0n) is 4.59. The third kappa shape index (κ3) is 1.30. The van der Waals surface area contributed by atoms with Gasteiger partial charge in [0.05, 0.1) is 6.61 Å². The van der Waals surface area contributed by atoms with Crippen molar-refractivity contribution in [3.05, 3.63) is 23.8 Å². The van der Waals surface area contributed by atoms with Crippen LogP contribution in [-0.2, 0) is 4.74 Å². The summed E-state index contributed by atoms with van der Waals surface area (Å²) in [5.41, 5.74) is 0. The van der Waals surface area contributed by atoms with Crippen molar-refractivity contribution in [1.29, 1.82) is 0 Å². The fraction of sp³-hybridized carbons (Fsp3) is 0.333. The smallest absolute Gasteiger partial charge is 0.153 e. The summed E-state index contributed by atoms with van der Waals surface area (Å²) < 4.78 is 5.15. The molecule has 1 heterocycles. The monoisotopic (exact) mass is 128 g/mol. The molecule has 1 saturated heterocycles. The van der Waals surface area contributed by atoms with Gasteiger partial charge in [-0.2, -0.15) is 0 Å². The Kier molecular flexibility index (Phi) is 2.03. The van der Waals surface area contributed by atoms with Crippen LogP contribution in [0.25, 0.3) is 0 Å². The Labute approximate surface area is 53.4 Å². The quantitative estimate of drug-likeness (QED) is 0.532. The summed E-state index contributed by atoms with van der Waals surface area (Å²) in [5.74, 6) is 1.08. The van der Waals surface area contributed by atoms with Crippen molar-refractivity contribution in [3.8, 4) is 0 Å². The molecule has 8 heavy (non-hydrogen) atoms. The predicted octanol–water partition coefficient (Wildman–Crippen LogP) is 1.78. The molecule has 0 N–H and O–H groups in total. The van der Waals surface area contributed by atoms with E-state index in [1.807, 2.05) is 6.08 Å². The number of ether oxygens (including phenoxy) is 1. The lowest BCUT2D eigenvalue weighted by atomic mass is 10.6. The number of hydrogen-bond acceptors (Lipinski definition) is 2. The van der Waals surface area contributed by atoms with E-state index in [9.17, 15) is 0 Å². The minimum absolute atomic E-state index is 0.852. The fourth-order valence-electron chi connectivity index (χ4n) is 0.519. The lowest BCUT2D eigenvalue weighted by Crippen LogP contribution is -1.78. The third-order valence-corrected chi connectivity index (χ3v) is 1.74. The van der Waals surface area contributed by atoms with Crippen molar-refractivity contribution in [2.75, 3.05) is 12.4 Å². The third-order valence-electron chi connectivity index (χ3n) is 0.826. The second kappa shape index (κ2) is 2.82. The summed E-state index contributed by atoms with van der Waals surface area (Å²) in [6.45, 7) is 4.41. The van der Waals surface area contributed by atoms with E-state index in [-0.39, 0.29) is 0 Å². The van der Waals surface area contributed by atoms with Crippen LogP contribution in [-0.4, -0.2) is 12.4 Å². The van der Waals surface area contributed by atoms with Crippen molar-refractivity contribution >= 4 is 11.8 Å². The SMILES string of the molecule is C=C/C=C1/OCCS1. The van der Waals surface area contributed by atoms with Gasteiger partial charge in [-0.1, -0.05) is 24.4 Å². The number of thioether (sulfide) groups is 1. The van der Waals surface area contributed by atoms with Gasteiger partial charge >= 0.3 is 0 Å². The van der Waals surface area contributed by atoms with E-state index in [0.29, 0.717) is 0 Å². The normalized spacial score (nSPS) is 23.2. The van der Waals surface area contributed by atoms with Gasteiger partial charge in [0, 0.05) is 5.75 Å². The maximum absolute atomic E-state index is 5.15. The molecule has 0 bridgehead atoms. The summed E-state index contributed by atoms with van der Waals surface area (Å²) in [6.07, 6.45) is 3.63. The first kappa shape index (κ1) is 5.76. The van der Waals surface area contributed by atoms with Crippen LogP contribution in [0.15, 0.2) is 23.8 Å². The molecule has 0 atom stereocenters. The van der Waals surface area contributed by atoms with Crippen LogP contribution in [0.4, 0.5) is 0 Å². The van der Waals surface area contributed by atoms with Crippen LogP contribution in [0.3, 0.4) is 0 Å². The highest BCUT2D eigenvalue weighted by Crippen LogP contribution is 2.22. The van der Waals surface area contributed by atoms with Crippen molar-refractivity contribution in [3.63, 3.8) is 0 Å². The van der Waals surface area contributed by atoms with Gasteiger partial charge in [0.2, 0.25) is 0 Å². The van der Waals surface area contributed by atoms with Crippen LogP contribution in [0.1, 0.15) is 0 Å². The first-order chi connectivity index (χ1) is 3.93.